The first-order chi connectivity index (χ1) is 10.2. The number of hydrogen-bond donors (Lipinski definition) is 1. The maximum absolute atomic E-state index is 13.3. The first-order valence-corrected chi connectivity index (χ1v) is 7.64. The average molecular weight is 300 g/mol. The van der Waals surface area contributed by atoms with Gasteiger partial charge in [0, 0.05) is 10.6 Å². The highest BCUT2D eigenvalue weighted by molar-refractivity contribution is 7.10. The quantitative estimate of drug-likeness (QED) is 0.916. The minimum atomic E-state index is -0.576. The molecule has 0 saturated heterocycles. The SMILES string of the molecule is N#Cc1cc(NC(=O)C2CCCc3sccc32)ccc1F. The molecule has 0 spiro atoms. The highest BCUT2D eigenvalue weighted by Gasteiger charge is 2.27. The summed E-state index contributed by atoms with van der Waals surface area (Å²) in [4.78, 5) is 13.7. The number of carbonyl (C=O) groups is 1. The van der Waals surface area contributed by atoms with Crippen LogP contribution in [-0.2, 0) is 11.2 Å². The second-order valence-electron chi connectivity index (χ2n) is 5.04. The summed E-state index contributed by atoms with van der Waals surface area (Å²) in [5, 5.41) is 13.6. The molecule has 3 rings (SSSR count). The van der Waals surface area contributed by atoms with Crippen LogP contribution in [0.25, 0.3) is 0 Å². The van der Waals surface area contributed by atoms with Gasteiger partial charge in [0.25, 0.3) is 0 Å². The lowest BCUT2D eigenvalue weighted by Gasteiger charge is -2.21. The molecule has 0 fully saturated rings. The first-order valence-electron chi connectivity index (χ1n) is 6.76. The number of fused-ring (bicyclic) bond motifs is 1. The Bertz CT molecular complexity index is 732. The third-order valence-electron chi connectivity index (χ3n) is 3.72. The van der Waals surface area contributed by atoms with Crippen molar-refractivity contribution in [2.75, 3.05) is 5.32 Å². The Morgan fingerprint density at radius 3 is 3.10 bits per heavy atom. The topological polar surface area (TPSA) is 52.9 Å². The summed E-state index contributed by atoms with van der Waals surface area (Å²) in [6.45, 7) is 0. The highest BCUT2D eigenvalue weighted by Crippen LogP contribution is 2.35. The number of nitrogens with zero attached hydrogens (tertiary/aromatic N) is 1. The Hall–Kier alpha value is -2.19. The monoisotopic (exact) mass is 300 g/mol. The van der Waals surface area contributed by atoms with Gasteiger partial charge in [0.2, 0.25) is 5.91 Å². The number of rotatable bonds is 2. The maximum atomic E-state index is 13.3. The van der Waals surface area contributed by atoms with Crippen LogP contribution in [-0.4, -0.2) is 5.91 Å². The second-order valence-corrected chi connectivity index (χ2v) is 6.04. The number of nitriles is 1. The van der Waals surface area contributed by atoms with Gasteiger partial charge in [-0.2, -0.15) is 5.26 Å². The normalized spacial score (nSPS) is 16.9. The minimum absolute atomic E-state index is 0.0623. The van der Waals surface area contributed by atoms with Crippen molar-refractivity contribution in [3.63, 3.8) is 0 Å². The number of hydrogen-bond acceptors (Lipinski definition) is 3. The zero-order chi connectivity index (χ0) is 14.8. The van der Waals surface area contributed by atoms with Gasteiger partial charge in [-0.25, -0.2) is 4.39 Å². The minimum Gasteiger partial charge on any atom is -0.326 e. The summed E-state index contributed by atoms with van der Waals surface area (Å²) < 4.78 is 13.3. The van der Waals surface area contributed by atoms with Gasteiger partial charge in [0.15, 0.2) is 0 Å². The van der Waals surface area contributed by atoms with E-state index < -0.39 is 5.82 Å². The van der Waals surface area contributed by atoms with Crippen LogP contribution in [0.4, 0.5) is 10.1 Å². The standard InChI is InChI=1S/C16H13FN2OS/c17-14-5-4-11(8-10(14)9-18)19-16(20)13-2-1-3-15-12(13)6-7-21-15/h4-8,13H,1-3H2,(H,19,20). The van der Waals surface area contributed by atoms with Gasteiger partial charge in [-0.05, 0) is 54.5 Å². The average Bonchev–Trinajstić information content (AvgIpc) is 2.97. The molecule has 106 valence electrons. The van der Waals surface area contributed by atoms with Crippen molar-refractivity contribution < 1.29 is 9.18 Å². The van der Waals surface area contributed by atoms with Crippen LogP contribution < -0.4 is 5.32 Å². The number of nitrogens with one attached hydrogen (secondary N) is 1. The highest BCUT2D eigenvalue weighted by atomic mass is 32.1. The molecule has 5 heteroatoms. The van der Waals surface area contributed by atoms with Crippen molar-refractivity contribution in [3.05, 3.63) is 51.5 Å². The summed E-state index contributed by atoms with van der Waals surface area (Å²) in [5.41, 5.74) is 1.50. The summed E-state index contributed by atoms with van der Waals surface area (Å²) in [6.07, 6.45) is 2.85. The number of amides is 1. The first kappa shape index (κ1) is 13.8. The van der Waals surface area contributed by atoms with E-state index in [2.05, 4.69) is 5.32 Å². The third-order valence-corrected chi connectivity index (χ3v) is 4.72. The lowest BCUT2D eigenvalue weighted by atomic mass is 9.87. The molecule has 1 amide bonds. The molecule has 3 nitrogen and oxygen atoms in total. The van der Waals surface area contributed by atoms with E-state index in [1.807, 2.05) is 11.4 Å². The molecule has 0 bridgehead atoms. The molecule has 1 atom stereocenters. The number of anilines is 1. The molecule has 0 aliphatic heterocycles. The molecule has 1 aliphatic carbocycles. The van der Waals surface area contributed by atoms with Crippen molar-refractivity contribution >= 4 is 22.9 Å². The fraction of sp³-hybridized carbons (Fsp3) is 0.250. The number of thiophene rings is 1. The zero-order valence-corrected chi connectivity index (χ0v) is 12.0. The Labute approximate surface area is 126 Å². The molecule has 1 N–H and O–H groups in total. The van der Waals surface area contributed by atoms with Crippen molar-refractivity contribution in [3.8, 4) is 6.07 Å². The van der Waals surface area contributed by atoms with E-state index in [-0.39, 0.29) is 17.4 Å². The van der Waals surface area contributed by atoms with Gasteiger partial charge < -0.3 is 5.32 Å². The molecule has 1 unspecified atom stereocenters. The predicted molar refractivity (Wildman–Crippen MR) is 79.7 cm³/mol. The summed E-state index contributed by atoms with van der Waals surface area (Å²) in [6, 6.07) is 7.83. The van der Waals surface area contributed by atoms with Crippen LogP contribution in [0, 0.1) is 17.1 Å². The molecule has 1 aromatic heterocycles. The van der Waals surface area contributed by atoms with Gasteiger partial charge in [-0.1, -0.05) is 0 Å². The van der Waals surface area contributed by atoms with Crippen molar-refractivity contribution in [2.24, 2.45) is 0 Å². The van der Waals surface area contributed by atoms with E-state index >= 15 is 0 Å². The van der Waals surface area contributed by atoms with Crippen LogP contribution in [0.3, 0.4) is 0 Å². The fourth-order valence-electron chi connectivity index (χ4n) is 2.68. The van der Waals surface area contributed by atoms with Crippen molar-refractivity contribution in [1.82, 2.24) is 0 Å². The number of benzene rings is 1. The lowest BCUT2D eigenvalue weighted by molar-refractivity contribution is -0.117. The molecular formula is C16H13FN2OS. The lowest BCUT2D eigenvalue weighted by Crippen LogP contribution is -2.23. The Kier molecular flexibility index (Phi) is 3.72. The van der Waals surface area contributed by atoms with E-state index in [1.165, 1.54) is 23.1 Å². The van der Waals surface area contributed by atoms with Gasteiger partial charge in [-0.3, -0.25) is 4.79 Å². The third kappa shape index (κ3) is 2.67. The van der Waals surface area contributed by atoms with Crippen LogP contribution in [0.5, 0.6) is 0 Å². The van der Waals surface area contributed by atoms with Crippen LogP contribution in [0.15, 0.2) is 29.6 Å². The Morgan fingerprint density at radius 1 is 1.43 bits per heavy atom. The van der Waals surface area contributed by atoms with Crippen LogP contribution >= 0.6 is 11.3 Å². The number of halogens is 1. The maximum Gasteiger partial charge on any atom is 0.231 e. The number of carbonyl (C=O) groups excluding carboxylic acids is 1. The Morgan fingerprint density at radius 2 is 2.29 bits per heavy atom. The van der Waals surface area contributed by atoms with Crippen LogP contribution in [0.1, 0.15) is 34.8 Å². The number of aryl methyl sites for hydroxylation is 1. The summed E-state index contributed by atoms with van der Waals surface area (Å²) >= 11 is 1.69. The molecule has 0 saturated carbocycles. The summed E-state index contributed by atoms with van der Waals surface area (Å²) in [5.74, 6) is -0.825. The molecule has 0 radical (unpaired) electrons. The molecule has 2 aromatic rings. The summed E-state index contributed by atoms with van der Waals surface area (Å²) in [7, 11) is 0. The molecule has 1 heterocycles. The van der Waals surface area contributed by atoms with E-state index in [4.69, 9.17) is 5.26 Å². The van der Waals surface area contributed by atoms with Gasteiger partial charge in [0.05, 0.1) is 11.5 Å². The molecule has 1 aliphatic rings. The second kappa shape index (κ2) is 5.66. The van der Waals surface area contributed by atoms with Crippen LogP contribution in [0.2, 0.25) is 0 Å². The van der Waals surface area contributed by atoms with Gasteiger partial charge in [0.1, 0.15) is 11.9 Å². The van der Waals surface area contributed by atoms with Gasteiger partial charge in [-0.15, -0.1) is 11.3 Å². The molecule has 21 heavy (non-hydrogen) atoms. The van der Waals surface area contributed by atoms with E-state index in [0.29, 0.717) is 5.69 Å². The zero-order valence-electron chi connectivity index (χ0n) is 11.2. The molecule has 1 aromatic carbocycles. The van der Waals surface area contributed by atoms with E-state index in [0.717, 1.165) is 24.8 Å². The predicted octanol–water partition coefficient (Wildman–Crippen LogP) is 3.82. The molecular weight excluding hydrogens is 287 g/mol. The van der Waals surface area contributed by atoms with E-state index in [9.17, 15) is 9.18 Å². The fourth-order valence-corrected chi connectivity index (χ4v) is 3.66. The van der Waals surface area contributed by atoms with Gasteiger partial charge >= 0.3 is 0 Å². The van der Waals surface area contributed by atoms with Crippen molar-refractivity contribution in [2.45, 2.75) is 25.2 Å². The largest absolute Gasteiger partial charge is 0.326 e. The van der Waals surface area contributed by atoms with Crippen molar-refractivity contribution in [1.29, 1.82) is 5.26 Å². The smallest absolute Gasteiger partial charge is 0.231 e. The Balaban J connectivity index is 1.81. The van der Waals surface area contributed by atoms with E-state index in [1.54, 1.807) is 17.4 Å².